The summed E-state index contributed by atoms with van der Waals surface area (Å²) in [6, 6.07) is 9.21. The summed E-state index contributed by atoms with van der Waals surface area (Å²) in [5.41, 5.74) is 1.56. The van der Waals surface area contributed by atoms with Gasteiger partial charge in [-0.3, -0.25) is 9.89 Å². The van der Waals surface area contributed by atoms with Crippen LogP contribution in [0.15, 0.2) is 46.2 Å². The maximum Gasteiger partial charge on any atom is 0.236 e. The number of hydrogen-bond donors (Lipinski definition) is 2. The molecule has 148 valence electrons. The van der Waals surface area contributed by atoms with Crippen LogP contribution >= 0.6 is 46.0 Å². The fourth-order valence-electron chi connectivity index (χ4n) is 2.45. The SMILES string of the molecule is COc1ccc(Cl)cc1-c1nc(SCC(=O)Nc2nc(-c3cccs3)cs2)n[nH]1. The highest BCUT2D eigenvalue weighted by atomic mass is 35.5. The van der Waals surface area contributed by atoms with Crippen molar-refractivity contribution in [3.05, 3.63) is 46.1 Å². The summed E-state index contributed by atoms with van der Waals surface area (Å²) in [7, 11) is 1.57. The van der Waals surface area contributed by atoms with Crippen molar-refractivity contribution < 1.29 is 9.53 Å². The number of carbonyl (C=O) groups is 1. The smallest absolute Gasteiger partial charge is 0.236 e. The van der Waals surface area contributed by atoms with Gasteiger partial charge in [-0.05, 0) is 29.6 Å². The summed E-state index contributed by atoms with van der Waals surface area (Å²) in [5.74, 6) is 1.14. The third-order valence-electron chi connectivity index (χ3n) is 3.74. The lowest BCUT2D eigenvalue weighted by Gasteiger charge is -2.05. The van der Waals surface area contributed by atoms with Crippen molar-refractivity contribution in [2.45, 2.75) is 5.16 Å². The molecule has 3 aromatic heterocycles. The van der Waals surface area contributed by atoms with Crippen LogP contribution in [0.5, 0.6) is 5.75 Å². The van der Waals surface area contributed by atoms with Gasteiger partial charge in [-0.15, -0.1) is 27.8 Å². The second kappa shape index (κ2) is 8.95. The number of thiazole rings is 1. The standard InChI is InChI=1S/C18H14ClN5O2S3/c1-26-13-5-4-10(19)7-11(13)16-22-18(24-23-16)29-9-15(25)21-17-20-12(8-28-17)14-3-2-6-27-14/h2-8H,9H2,1H3,(H,20,21,25)(H,22,23,24). The van der Waals surface area contributed by atoms with Gasteiger partial charge in [0.2, 0.25) is 11.1 Å². The zero-order chi connectivity index (χ0) is 20.2. The molecule has 29 heavy (non-hydrogen) atoms. The number of nitrogens with zero attached hydrogens (tertiary/aromatic N) is 3. The Kier molecular flexibility index (Phi) is 6.14. The molecule has 0 fully saturated rings. The lowest BCUT2D eigenvalue weighted by Crippen LogP contribution is -2.13. The molecule has 0 atom stereocenters. The molecule has 11 heteroatoms. The van der Waals surface area contributed by atoms with Gasteiger partial charge in [-0.1, -0.05) is 29.4 Å². The quantitative estimate of drug-likeness (QED) is 0.372. The largest absolute Gasteiger partial charge is 0.496 e. The average Bonchev–Trinajstić information content (AvgIpc) is 3.47. The van der Waals surface area contributed by atoms with Gasteiger partial charge in [0.05, 0.1) is 29.0 Å². The van der Waals surface area contributed by atoms with E-state index in [0.717, 1.165) is 10.6 Å². The molecule has 3 heterocycles. The lowest BCUT2D eigenvalue weighted by atomic mass is 10.2. The fourth-order valence-corrected chi connectivity index (χ4v) is 4.71. The maximum atomic E-state index is 12.2. The number of benzene rings is 1. The number of nitrogens with one attached hydrogen (secondary N) is 2. The molecule has 0 saturated carbocycles. The van der Waals surface area contributed by atoms with Crippen LogP contribution in [-0.2, 0) is 4.79 Å². The number of aromatic nitrogens is 4. The molecule has 0 bridgehead atoms. The number of thiophene rings is 1. The predicted octanol–water partition coefficient (Wildman–Crippen LogP) is 5.05. The van der Waals surface area contributed by atoms with Crippen molar-refractivity contribution in [3.63, 3.8) is 0 Å². The second-order valence-electron chi connectivity index (χ2n) is 5.66. The number of H-pyrrole nitrogens is 1. The van der Waals surface area contributed by atoms with Crippen LogP contribution in [0, 0.1) is 0 Å². The monoisotopic (exact) mass is 463 g/mol. The number of hydrogen-bond acceptors (Lipinski definition) is 8. The number of thioether (sulfide) groups is 1. The highest BCUT2D eigenvalue weighted by molar-refractivity contribution is 7.99. The van der Waals surface area contributed by atoms with Crippen molar-refractivity contribution in [2.75, 3.05) is 18.2 Å². The van der Waals surface area contributed by atoms with Gasteiger partial charge >= 0.3 is 0 Å². The normalized spacial score (nSPS) is 10.8. The summed E-state index contributed by atoms with van der Waals surface area (Å²) in [5, 5.41) is 15.3. The van der Waals surface area contributed by atoms with Crippen LogP contribution < -0.4 is 10.1 Å². The van der Waals surface area contributed by atoms with Gasteiger partial charge < -0.3 is 10.1 Å². The Hall–Kier alpha value is -2.40. The van der Waals surface area contributed by atoms with Crippen molar-refractivity contribution in [1.82, 2.24) is 20.2 Å². The highest BCUT2D eigenvalue weighted by Crippen LogP contribution is 2.31. The third-order valence-corrected chi connectivity index (χ3v) is 6.47. The van der Waals surface area contributed by atoms with E-state index in [1.807, 2.05) is 22.9 Å². The van der Waals surface area contributed by atoms with Crippen LogP contribution in [0.4, 0.5) is 5.13 Å². The molecule has 0 aliphatic rings. The number of carbonyl (C=O) groups excluding carboxylic acids is 1. The van der Waals surface area contributed by atoms with Crippen LogP contribution in [0.25, 0.3) is 22.0 Å². The van der Waals surface area contributed by atoms with Gasteiger partial charge in [0, 0.05) is 10.4 Å². The summed E-state index contributed by atoms with van der Waals surface area (Å²) in [6.07, 6.45) is 0. The van der Waals surface area contributed by atoms with E-state index in [4.69, 9.17) is 16.3 Å². The number of methoxy groups -OCH3 is 1. The molecule has 0 radical (unpaired) electrons. The lowest BCUT2D eigenvalue weighted by molar-refractivity contribution is -0.113. The number of rotatable bonds is 7. The maximum absolute atomic E-state index is 12.2. The molecule has 7 nitrogen and oxygen atoms in total. The summed E-state index contributed by atoms with van der Waals surface area (Å²) >= 11 is 10.3. The van der Waals surface area contributed by atoms with Gasteiger partial charge in [0.25, 0.3) is 0 Å². The number of amides is 1. The molecule has 0 saturated heterocycles. The molecule has 0 aliphatic heterocycles. The van der Waals surface area contributed by atoms with E-state index in [-0.39, 0.29) is 11.7 Å². The van der Waals surface area contributed by atoms with E-state index in [2.05, 4.69) is 25.5 Å². The highest BCUT2D eigenvalue weighted by Gasteiger charge is 2.14. The second-order valence-corrected chi connectivity index (χ2v) is 8.85. The zero-order valence-electron chi connectivity index (χ0n) is 15.0. The molecule has 4 aromatic rings. The number of anilines is 1. The zero-order valence-corrected chi connectivity index (χ0v) is 18.2. The topological polar surface area (TPSA) is 92.8 Å². The molecule has 1 aromatic carbocycles. The van der Waals surface area contributed by atoms with Crippen molar-refractivity contribution in [3.8, 4) is 27.7 Å². The summed E-state index contributed by atoms with van der Waals surface area (Å²) in [6.45, 7) is 0. The first-order valence-electron chi connectivity index (χ1n) is 8.31. The first-order valence-corrected chi connectivity index (χ1v) is 11.4. The molecule has 0 aliphatic carbocycles. The molecule has 2 N–H and O–H groups in total. The van der Waals surface area contributed by atoms with Gasteiger partial charge in [0.15, 0.2) is 11.0 Å². The Morgan fingerprint density at radius 3 is 3.00 bits per heavy atom. The minimum Gasteiger partial charge on any atom is -0.496 e. The van der Waals surface area contributed by atoms with Gasteiger partial charge in [0.1, 0.15) is 5.75 Å². The predicted molar refractivity (Wildman–Crippen MR) is 118 cm³/mol. The van der Waals surface area contributed by atoms with Crippen molar-refractivity contribution in [1.29, 1.82) is 0 Å². The third kappa shape index (κ3) is 4.78. The molecular weight excluding hydrogens is 450 g/mol. The van der Waals surface area contributed by atoms with Gasteiger partial charge in [-0.2, -0.15) is 0 Å². The van der Waals surface area contributed by atoms with Crippen LogP contribution in [0.3, 0.4) is 0 Å². The van der Waals surface area contributed by atoms with E-state index in [1.165, 1.54) is 23.1 Å². The molecular formula is C18H14ClN5O2S3. The minimum absolute atomic E-state index is 0.165. The molecule has 1 amide bonds. The van der Waals surface area contributed by atoms with E-state index < -0.39 is 0 Å². The van der Waals surface area contributed by atoms with Crippen LogP contribution in [0.2, 0.25) is 5.02 Å². The van der Waals surface area contributed by atoms with Crippen LogP contribution in [-0.4, -0.2) is 38.9 Å². The summed E-state index contributed by atoms with van der Waals surface area (Å²) in [4.78, 5) is 22.2. The average molecular weight is 464 g/mol. The fraction of sp³-hybridized carbons (Fsp3) is 0.111. The number of halogens is 1. The van der Waals surface area contributed by atoms with Crippen molar-refractivity contribution in [2.24, 2.45) is 0 Å². The molecule has 0 spiro atoms. The Morgan fingerprint density at radius 2 is 2.21 bits per heavy atom. The Bertz CT molecular complexity index is 1130. The first kappa shape index (κ1) is 19.9. The summed E-state index contributed by atoms with van der Waals surface area (Å²) < 4.78 is 5.33. The van der Waals surface area contributed by atoms with E-state index in [9.17, 15) is 4.79 Å². The van der Waals surface area contributed by atoms with Gasteiger partial charge in [-0.25, -0.2) is 9.97 Å². The first-order chi connectivity index (χ1) is 14.1. The van der Waals surface area contributed by atoms with E-state index in [0.29, 0.717) is 32.4 Å². The Balaban J connectivity index is 1.36. The minimum atomic E-state index is -0.172. The Morgan fingerprint density at radius 1 is 1.31 bits per heavy atom. The number of ether oxygens (including phenoxy) is 1. The van der Waals surface area contributed by atoms with E-state index >= 15 is 0 Å². The van der Waals surface area contributed by atoms with E-state index in [1.54, 1.807) is 36.6 Å². The number of aromatic amines is 1. The molecule has 4 rings (SSSR count). The Labute approximate surface area is 183 Å². The van der Waals surface area contributed by atoms with Crippen LogP contribution in [0.1, 0.15) is 0 Å². The molecule has 0 unspecified atom stereocenters. The van der Waals surface area contributed by atoms with Crippen molar-refractivity contribution >= 4 is 57.1 Å².